The number of benzene rings is 2. The summed E-state index contributed by atoms with van der Waals surface area (Å²) in [5.74, 6) is 1.79. The van der Waals surface area contributed by atoms with Crippen LogP contribution in [0.4, 0.5) is 5.69 Å². The zero-order valence-corrected chi connectivity index (χ0v) is 17.1. The van der Waals surface area contributed by atoms with Crippen molar-refractivity contribution < 1.29 is 9.53 Å². The van der Waals surface area contributed by atoms with Gasteiger partial charge in [-0.3, -0.25) is 4.79 Å². The van der Waals surface area contributed by atoms with Crippen molar-refractivity contribution in [3.8, 4) is 5.75 Å². The fourth-order valence-electron chi connectivity index (χ4n) is 2.80. The maximum atomic E-state index is 12.0. The summed E-state index contributed by atoms with van der Waals surface area (Å²) in [5.41, 5.74) is 1.36. The normalized spacial score (nSPS) is 14.8. The second-order valence-corrected chi connectivity index (χ2v) is 8.75. The van der Waals surface area contributed by atoms with E-state index in [1.807, 2.05) is 44.2 Å². The molecule has 0 unspecified atom stereocenters. The van der Waals surface area contributed by atoms with Crippen LogP contribution in [0.2, 0.25) is 10.0 Å². The second-order valence-electron chi connectivity index (χ2n) is 6.77. The molecule has 2 aromatic carbocycles. The fourth-order valence-corrected chi connectivity index (χ4v) is 4.31. The number of amides is 1. The van der Waals surface area contributed by atoms with E-state index in [0.29, 0.717) is 11.6 Å². The lowest BCUT2D eigenvalue weighted by molar-refractivity contribution is -0.119. The van der Waals surface area contributed by atoms with Crippen LogP contribution in [0, 0.1) is 0 Å². The number of hydrogen-bond acceptors (Lipinski definition) is 3. The predicted octanol–water partition coefficient (Wildman–Crippen LogP) is 6.17. The number of thioether (sulfide) groups is 1. The van der Waals surface area contributed by atoms with Crippen molar-refractivity contribution in [3.05, 3.63) is 52.0 Å². The zero-order chi connectivity index (χ0) is 18.7. The summed E-state index contributed by atoms with van der Waals surface area (Å²) in [4.78, 5) is 13.0. The van der Waals surface area contributed by atoms with Crippen molar-refractivity contribution >= 4 is 46.6 Å². The third kappa shape index (κ3) is 4.30. The van der Waals surface area contributed by atoms with Gasteiger partial charge in [0.2, 0.25) is 5.91 Å². The number of fused-ring (bicyclic) bond motifs is 1. The number of rotatable bonds is 7. The van der Waals surface area contributed by atoms with E-state index in [9.17, 15) is 4.79 Å². The van der Waals surface area contributed by atoms with E-state index in [4.69, 9.17) is 27.9 Å². The molecule has 0 bridgehead atoms. The van der Waals surface area contributed by atoms with Crippen LogP contribution < -0.4 is 10.1 Å². The van der Waals surface area contributed by atoms with Gasteiger partial charge in [0.1, 0.15) is 5.75 Å². The minimum absolute atomic E-state index is 0.0290. The van der Waals surface area contributed by atoms with Crippen LogP contribution in [0.1, 0.15) is 32.3 Å². The zero-order valence-electron chi connectivity index (χ0n) is 14.8. The largest absolute Gasteiger partial charge is 0.494 e. The monoisotopic (exact) mass is 409 g/mol. The Kier molecular flexibility index (Phi) is 6.06. The van der Waals surface area contributed by atoms with Crippen LogP contribution in [-0.4, -0.2) is 18.3 Å². The first-order chi connectivity index (χ1) is 12.4. The minimum atomic E-state index is -0.512. The Hall–Kier alpha value is -1.36. The van der Waals surface area contributed by atoms with E-state index in [1.165, 1.54) is 0 Å². The molecule has 3 rings (SSSR count). The van der Waals surface area contributed by atoms with Gasteiger partial charge in [-0.2, -0.15) is 0 Å². The highest BCUT2D eigenvalue weighted by Gasteiger charge is 2.38. The molecule has 2 aromatic rings. The molecule has 6 heteroatoms. The summed E-state index contributed by atoms with van der Waals surface area (Å²) >= 11 is 13.9. The smallest absolute Gasteiger partial charge is 0.234 e. The third-order valence-electron chi connectivity index (χ3n) is 4.44. The Morgan fingerprint density at radius 3 is 2.73 bits per heavy atom. The summed E-state index contributed by atoms with van der Waals surface area (Å²) in [5, 5.41) is 4.34. The van der Waals surface area contributed by atoms with Crippen molar-refractivity contribution in [2.24, 2.45) is 0 Å². The lowest BCUT2D eigenvalue weighted by atomic mass is 9.86. The summed E-state index contributed by atoms with van der Waals surface area (Å²) in [6, 6.07) is 11.3. The molecule has 1 aliphatic rings. The molecular formula is C20H21Cl2NO2S. The SMILES string of the molecule is CC1(C)C(=O)Nc2ccc(OCCCCSc3cc(Cl)ccc3Cl)cc21. The fraction of sp³-hybridized carbons (Fsp3) is 0.350. The van der Waals surface area contributed by atoms with Crippen LogP contribution >= 0.6 is 35.0 Å². The summed E-state index contributed by atoms with van der Waals surface area (Å²) in [6.07, 6.45) is 1.97. The van der Waals surface area contributed by atoms with Gasteiger partial charge in [0, 0.05) is 15.6 Å². The highest BCUT2D eigenvalue weighted by atomic mass is 35.5. The van der Waals surface area contributed by atoms with Crippen molar-refractivity contribution in [1.29, 1.82) is 0 Å². The predicted molar refractivity (Wildman–Crippen MR) is 110 cm³/mol. The number of ether oxygens (including phenoxy) is 1. The first-order valence-corrected chi connectivity index (χ1v) is 10.3. The summed E-state index contributed by atoms with van der Waals surface area (Å²) in [6.45, 7) is 4.50. The Balaban J connectivity index is 1.44. The number of nitrogens with one attached hydrogen (secondary N) is 1. The van der Waals surface area contributed by atoms with Gasteiger partial charge >= 0.3 is 0 Å². The lowest BCUT2D eigenvalue weighted by Crippen LogP contribution is -2.26. The number of hydrogen-bond donors (Lipinski definition) is 1. The molecule has 0 aliphatic carbocycles. The average molecular weight is 410 g/mol. The van der Waals surface area contributed by atoms with E-state index in [0.717, 1.165) is 45.5 Å². The molecule has 0 aromatic heterocycles. The van der Waals surface area contributed by atoms with Gasteiger partial charge in [-0.1, -0.05) is 23.2 Å². The van der Waals surface area contributed by atoms with Gasteiger partial charge in [0.25, 0.3) is 0 Å². The van der Waals surface area contributed by atoms with E-state index in [-0.39, 0.29) is 5.91 Å². The van der Waals surface area contributed by atoms with Gasteiger partial charge in [0.15, 0.2) is 0 Å². The molecule has 138 valence electrons. The molecule has 0 saturated carbocycles. The molecule has 0 atom stereocenters. The van der Waals surface area contributed by atoms with Crippen LogP contribution in [0.15, 0.2) is 41.3 Å². The van der Waals surface area contributed by atoms with E-state index >= 15 is 0 Å². The highest BCUT2D eigenvalue weighted by Crippen LogP contribution is 2.39. The Bertz CT molecular complexity index is 823. The van der Waals surface area contributed by atoms with Gasteiger partial charge in [-0.05, 0) is 74.4 Å². The summed E-state index contributed by atoms with van der Waals surface area (Å²) in [7, 11) is 0. The quantitative estimate of drug-likeness (QED) is 0.438. The summed E-state index contributed by atoms with van der Waals surface area (Å²) < 4.78 is 5.86. The Labute approximate surface area is 168 Å². The van der Waals surface area contributed by atoms with Gasteiger partial charge < -0.3 is 10.1 Å². The van der Waals surface area contributed by atoms with E-state index < -0.39 is 5.41 Å². The minimum Gasteiger partial charge on any atom is -0.494 e. The van der Waals surface area contributed by atoms with Gasteiger partial charge in [-0.15, -0.1) is 11.8 Å². The molecule has 1 N–H and O–H groups in total. The van der Waals surface area contributed by atoms with Crippen molar-refractivity contribution in [2.45, 2.75) is 37.0 Å². The topological polar surface area (TPSA) is 38.3 Å². The highest BCUT2D eigenvalue weighted by molar-refractivity contribution is 7.99. The maximum absolute atomic E-state index is 12.0. The molecule has 1 heterocycles. The van der Waals surface area contributed by atoms with Crippen LogP contribution in [0.25, 0.3) is 0 Å². The molecule has 3 nitrogen and oxygen atoms in total. The molecule has 0 saturated heterocycles. The number of halogens is 2. The van der Waals surface area contributed by atoms with Crippen molar-refractivity contribution in [1.82, 2.24) is 0 Å². The maximum Gasteiger partial charge on any atom is 0.234 e. The molecule has 0 radical (unpaired) electrons. The molecule has 26 heavy (non-hydrogen) atoms. The van der Waals surface area contributed by atoms with Gasteiger partial charge in [0.05, 0.1) is 17.0 Å². The standard InChI is InChI=1S/C20H21Cl2NO2S/c1-20(2)15-12-14(6-8-17(15)23-19(20)24)25-9-3-4-10-26-18-11-13(21)5-7-16(18)22/h5-8,11-12H,3-4,9-10H2,1-2H3,(H,23,24). The van der Waals surface area contributed by atoms with Crippen LogP contribution in [0.5, 0.6) is 5.75 Å². The number of unbranched alkanes of at least 4 members (excludes halogenated alkanes) is 1. The van der Waals surface area contributed by atoms with Gasteiger partial charge in [-0.25, -0.2) is 0 Å². The average Bonchev–Trinajstić information content (AvgIpc) is 2.83. The molecule has 0 spiro atoms. The number of anilines is 1. The second kappa shape index (κ2) is 8.12. The first-order valence-electron chi connectivity index (χ1n) is 8.54. The Morgan fingerprint density at radius 1 is 1.12 bits per heavy atom. The number of carbonyl (C=O) groups excluding carboxylic acids is 1. The first kappa shape index (κ1) is 19.4. The van der Waals surface area contributed by atoms with Crippen molar-refractivity contribution in [3.63, 3.8) is 0 Å². The van der Waals surface area contributed by atoms with Crippen LogP contribution in [0.3, 0.4) is 0 Å². The lowest BCUT2D eigenvalue weighted by Gasteiger charge is -2.16. The third-order valence-corrected chi connectivity index (χ3v) is 6.26. The van der Waals surface area contributed by atoms with Crippen LogP contribution in [-0.2, 0) is 10.2 Å². The Morgan fingerprint density at radius 2 is 1.92 bits per heavy atom. The number of carbonyl (C=O) groups is 1. The van der Waals surface area contributed by atoms with E-state index in [2.05, 4.69) is 5.32 Å². The molecule has 1 amide bonds. The van der Waals surface area contributed by atoms with Crippen molar-refractivity contribution in [2.75, 3.05) is 17.7 Å². The molecule has 1 aliphatic heterocycles. The van der Waals surface area contributed by atoms with E-state index in [1.54, 1.807) is 17.8 Å². The molecule has 0 fully saturated rings. The molecular weight excluding hydrogens is 389 g/mol.